The summed E-state index contributed by atoms with van der Waals surface area (Å²) in [7, 11) is 0. The average molecular weight is 283 g/mol. The lowest BCUT2D eigenvalue weighted by Gasteiger charge is -2.30. The van der Waals surface area contributed by atoms with Gasteiger partial charge in [-0.15, -0.1) is 0 Å². The SMILES string of the molecule is CC1CCN(C(=O)Cc2ccc3cc(N)ccc3n2)CC1. The second-order valence-electron chi connectivity index (χ2n) is 5.99. The smallest absolute Gasteiger partial charge is 0.228 e. The number of rotatable bonds is 2. The Kier molecular flexibility index (Phi) is 3.78. The molecule has 110 valence electrons. The highest BCUT2D eigenvalue weighted by Gasteiger charge is 2.20. The zero-order chi connectivity index (χ0) is 14.8. The normalized spacial score (nSPS) is 16.3. The molecule has 3 rings (SSSR count). The first-order valence-corrected chi connectivity index (χ1v) is 7.55. The zero-order valence-corrected chi connectivity index (χ0v) is 12.4. The van der Waals surface area contributed by atoms with E-state index in [1.165, 1.54) is 0 Å². The number of pyridine rings is 1. The Bertz CT molecular complexity index is 660. The monoisotopic (exact) mass is 283 g/mol. The number of likely N-dealkylation sites (tertiary alicyclic amines) is 1. The first kappa shape index (κ1) is 13.9. The molecular formula is C17H21N3O. The van der Waals surface area contributed by atoms with Gasteiger partial charge in [-0.05, 0) is 43.0 Å². The van der Waals surface area contributed by atoms with Gasteiger partial charge in [-0.1, -0.05) is 13.0 Å². The van der Waals surface area contributed by atoms with Crippen LogP contribution in [0.2, 0.25) is 0 Å². The Morgan fingerprint density at radius 2 is 2.05 bits per heavy atom. The van der Waals surface area contributed by atoms with Gasteiger partial charge in [-0.25, -0.2) is 0 Å². The Morgan fingerprint density at radius 3 is 2.81 bits per heavy atom. The van der Waals surface area contributed by atoms with Gasteiger partial charge in [0.1, 0.15) is 0 Å². The number of benzene rings is 1. The largest absolute Gasteiger partial charge is 0.399 e. The molecule has 0 bridgehead atoms. The van der Waals surface area contributed by atoms with E-state index >= 15 is 0 Å². The van der Waals surface area contributed by atoms with Gasteiger partial charge in [0.25, 0.3) is 0 Å². The van der Waals surface area contributed by atoms with Gasteiger partial charge in [-0.3, -0.25) is 9.78 Å². The molecule has 1 aliphatic rings. The topological polar surface area (TPSA) is 59.2 Å². The van der Waals surface area contributed by atoms with E-state index in [9.17, 15) is 4.79 Å². The summed E-state index contributed by atoms with van der Waals surface area (Å²) in [5, 5.41) is 1.01. The quantitative estimate of drug-likeness (QED) is 0.862. The maximum atomic E-state index is 12.3. The molecule has 21 heavy (non-hydrogen) atoms. The molecule has 1 saturated heterocycles. The van der Waals surface area contributed by atoms with Crippen LogP contribution in [-0.4, -0.2) is 28.9 Å². The second-order valence-corrected chi connectivity index (χ2v) is 5.99. The fourth-order valence-corrected chi connectivity index (χ4v) is 2.81. The summed E-state index contributed by atoms with van der Waals surface area (Å²) in [5.41, 5.74) is 8.21. The number of fused-ring (bicyclic) bond motifs is 1. The van der Waals surface area contributed by atoms with Crippen molar-refractivity contribution in [2.24, 2.45) is 5.92 Å². The zero-order valence-electron chi connectivity index (χ0n) is 12.4. The summed E-state index contributed by atoms with van der Waals surface area (Å²) in [6, 6.07) is 9.56. The number of nitrogens with zero attached hydrogens (tertiary/aromatic N) is 2. The third-order valence-electron chi connectivity index (χ3n) is 4.24. The molecule has 0 aliphatic carbocycles. The number of nitrogen functional groups attached to an aromatic ring is 1. The number of aromatic nitrogens is 1. The van der Waals surface area contributed by atoms with Gasteiger partial charge in [0.15, 0.2) is 0 Å². The summed E-state index contributed by atoms with van der Waals surface area (Å²) in [4.78, 5) is 18.9. The number of piperidine rings is 1. The number of hydrogen-bond donors (Lipinski definition) is 1. The fraction of sp³-hybridized carbons (Fsp3) is 0.412. The lowest BCUT2D eigenvalue weighted by molar-refractivity contribution is -0.131. The van der Waals surface area contributed by atoms with Gasteiger partial charge >= 0.3 is 0 Å². The molecule has 0 saturated carbocycles. The van der Waals surface area contributed by atoms with E-state index in [4.69, 9.17) is 5.73 Å². The van der Waals surface area contributed by atoms with Crippen molar-refractivity contribution in [1.82, 2.24) is 9.88 Å². The summed E-state index contributed by atoms with van der Waals surface area (Å²) in [5.74, 6) is 0.919. The predicted molar refractivity (Wildman–Crippen MR) is 84.8 cm³/mol. The van der Waals surface area contributed by atoms with E-state index in [1.54, 1.807) is 0 Å². The molecule has 1 aromatic heterocycles. The number of anilines is 1. The molecule has 0 spiro atoms. The molecule has 0 unspecified atom stereocenters. The van der Waals surface area contributed by atoms with Crippen LogP contribution in [-0.2, 0) is 11.2 Å². The van der Waals surface area contributed by atoms with E-state index in [2.05, 4.69) is 11.9 Å². The van der Waals surface area contributed by atoms with Crippen molar-refractivity contribution in [1.29, 1.82) is 0 Å². The van der Waals surface area contributed by atoms with Crippen molar-refractivity contribution in [3.63, 3.8) is 0 Å². The maximum Gasteiger partial charge on any atom is 0.228 e. The number of amides is 1. The molecule has 2 heterocycles. The van der Waals surface area contributed by atoms with Crippen LogP contribution < -0.4 is 5.73 Å². The number of carbonyl (C=O) groups is 1. The maximum absolute atomic E-state index is 12.3. The molecule has 1 aromatic carbocycles. The van der Waals surface area contributed by atoms with Crippen LogP contribution in [0.5, 0.6) is 0 Å². The number of hydrogen-bond acceptors (Lipinski definition) is 3. The molecule has 1 aliphatic heterocycles. The van der Waals surface area contributed by atoms with Crippen molar-refractivity contribution >= 4 is 22.5 Å². The summed E-state index contributed by atoms with van der Waals surface area (Å²) >= 11 is 0. The van der Waals surface area contributed by atoms with E-state index in [1.807, 2.05) is 35.2 Å². The third-order valence-corrected chi connectivity index (χ3v) is 4.24. The Labute approximate surface area is 125 Å². The van der Waals surface area contributed by atoms with Crippen LogP contribution >= 0.6 is 0 Å². The molecule has 4 nitrogen and oxygen atoms in total. The van der Waals surface area contributed by atoms with Crippen molar-refractivity contribution in [3.8, 4) is 0 Å². The first-order chi connectivity index (χ1) is 10.1. The second kappa shape index (κ2) is 5.72. The van der Waals surface area contributed by atoms with E-state index in [0.717, 1.165) is 54.1 Å². The molecular weight excluding hydrogens is 262 g/mol. The van der Waals surface area contributed by atoms with Gasteiger partial charge < -0.3 is 10.6 Å². The van der Waals surface area contributed by atoms with Gasteiger partial charge in [-0.2, -0.15) is 0 Å². The van der Waals surface area contributed by atoms with Gasteiger partial charge in [0, 0.05) is 24.2 Å². The summed E-state index contributed by atoms with van der Waals surface area (Å²) in [6.45, 7) is 4.01. The number of nitrogens with two attached hydrogens (primary N) is 1. The van der Waals surface area contributed by atoms with Gasteiger partial charge in [0.2, 0.25) is 5.91 Å². The highest BCUT2D eigenvalue weighted by Crippen LogP contribution is 2.19. The highest BCUT2D eigenvalue weighted by molar-refractivity contribution is 5.83. The standard InChI is InChI=1S/C17H21N3O/c1-12-6-8-20(9-7-12)17(21)11-15-4-2-13-10-14(18)3-5-16(13)19-15/h2-5,10,12H,6-9,11,18H2,1H3. The molecule has 1 amide bonds. The highest BCUT2D eigenvalue weighted by atomic mass is 16.2. The third kappa shape index (κ3) is 3.15. The van der Waals surface area contributed by atoms with E-state index < -0.39 is 0 Å². The van der Waals surface area contributed by atoms with Crippen LogP contribution in [0.25, 0.3) is 10.9 Å². The fourth-order valence-electron chi connectivity index (χ4n) is 2.81. The lowest BCUT2D eigenvalue weighted by atomic mass is 9.99. The first-order valence-electron chi connectivity index (χ1n) is 7.55. The number of carbonyl (C=O) groups excluding carboxylic acids is 1. The van der Waals surface area contributed by atoms with Gasteiger partial charge in [0.05, 0.1) is 17.6 Å². The van der Waals surface area contributed by atoms with Crippen LogP contribution in [0.15, 0.2) is 30.3 Å². The van der Waals surface area contributed by atoms with Crippen molar-refractivity contribution in [3.05, 3.63) is 36.0 Å². The van der Waals surface area contributed by atoms with Crippen molar-refractivity contribution in [2.75, 3.05) is 18.8 Å². The Morgan fingerprint density at radius 1 is 1.29 bits per heavy atom. The lowest BCUT2D eigenvalue weighted by Crippen LogP contribution is -2.38. The van der Waals surface area contributed by atoms with Crippen molar-refractivity contribution in [2.45, 2.75) is 26.2 Å². The molecule has 1 fully saturated rings. The Balaban J connectivity index is 1.72. The molecule has 0 atom stereocenters. The van der Waals surface area contributed by atoms with Crippen LogP contribution in [0, 0.1) is 5.92 Å². The van der Waals surface area contributed by atoms with Crippen LogP contribution in [0.4, 0.5) is 5.69 Å². The van der Waals surface area contributed by atoms with Crippen molar-refractivity contribution < 1.29 is 4.79 Å². The summed E-state index contributed by atoms with van der Waals surface area (Å²) < 4.78 is 0. The molecule has 4 heteroatoms. The molecule has 2 aromatic rings. The minimum atomic E-state index is 0.184. The van der Waals surface area contributed by atoms with E-state index in [-0.39, 0.29) is 5.91 Å². The van der Waals surface area contributed by atoms with Crippen LogP contribution in [0.3, 0.4) is 0 Å². The molecule has 0 radical (unpaired) electrons. The minimum Gasteiger partial charge on any atom is -0.399 e. The van der Waals surface area contributed by atoms with E-state index in [0.29, 0.717) is 6.42 Å². The van der Waals surface area contributed by atoms with Crippen LogP contribution in [0.1, 0.15) is 25.5 Å². The summed E-state index contributed by atoms with van der Waals surface area (Å²) in [6.07, 6.45) is 2.60. The Hall–Kier alpha value is -2.10. The minimum absolute atomic E-state index is 0.184. The predicted octanol–water partition coefficient (Wildman–Crippen LogP) is 2.62. The average Bonchev–Trinajstić information content (AvgIpc) is 2.48. The molecule has 2 N–H and O–H groups in total.